The zero-order valence-electron chi connectivity index (χ0n) is 10.2. The van der Waals surface area contributed by atoms with Gasteiger partial charge >= 0.3 is 0 Å². The van der Waals surface area contributed by atoms with Crippen LogP contribution in [0.15, 0.2) is 35.3 Å². The maximum Gasteiger partial charge on any atom is 0.186 e. The third-order valence-corrected chi connectivity index (χ3v) is 3.59. The Labute approximate surface area is 120 Å². The van der Waals surface area contributed by atoms with E-state index in [-0.39, 0.29) is 11.8 Å². The number of benzene rings is 1. The van der Waals surface area contributed by atoms with Crippen molar-refractivity contribution in [3.05, 3.63) is 62.0 Å². The van der Waals surface area contributed by atoms with Crippen molar-refractivity contribution >= 4 is 23.2 Å². The van der Waals surface area contributed by atoms with E-state index in [1.54, 1.807) is 29.8 Å². The standard InChI is InChI=1S/C14H10Cl2N2O/c1-9-7-13(19)10(5-6-17)8-18(9)12-4-2-3-11(15)14(12)16/h2-4,7-8H,5H2,1H3. The summed E-state index contributed by atoms with van der Waals surface area (Å²) in [6.45, 7) is 1.80. The second-order valence-corrected chi connectivity index (χ2v) is 4.87. The van der Waals surface area contributed by atoms with Gasteiger partial charge in [-0.25, -0.2) is 0 Å². The van der Waals surface area contributed by atoms with Gasteiger partial charge in [-0.05, 0) is 19.1 Å². The zero-order chi connectivity index (χ0) is 14.0. The van der Waals surface area contributed by atoms with E-state index >= 15 is 0 Å². The van der Waals surface area contributed by atoms with Crippen LogP contribution >= 0.6 is 23.2 Å². The van der Waals surface area contributed by atoms with Crippen LogP contribution < -0.4 is 5.43 Å². The molecule has 0 fully saturated rings. The van der Waals surface area contributed by atoms with Crippen molar-refractivity contribution in [3.8, 4) is 11.8 Å². The first kappa shape index (κ1) is 13.7. The van der Waals surface area contributed by atoms with Crippen molar-refractivity contribution < 1.29 is 0 Å². The largest absolute Gasteiger partial charge is 0.319 e. The van der Waals surface area contributed by atoms with E-state index in [9.17, 15) is 4.79 Å². The number of hydrogen-bond donors (Lipinski definition) is 0. The Morgan fingerprint density at radius 3 is 2.79 bits per heavy atom. The topological polar surface area (TPSA) is 45.8 Å². The average Bonchev–Trinajstić information content (AvgIpc) is 2.37. The van der Waals surface area contributed by atoms with Crippen molar-refractivity contribution in [2.24, 2.45) is 0 Å². The summed E-state index contributed by atoms with van der Waals surface area (Å²) in [5.41, 5.74) is 1.71. The molecule has 1 heterocycles. The molecule has 0 aliphatic heterocycles. The minimum atomic E-state index is -0.145. The van der Waals surface area contributed by atoms with Crippen LogP contribution in [0.3, 0.4) is 0 Å². The number of nitrogens with zero attached hydrogens (tertiary/aromatic N) is 2. The normalized spacial score (nSPS) is 10.2. The Morgan fingerprint density at radius 1 is 1.37 bits per heavy atom. The van der Waals surface area contributed by atoms with E-state index in [1.807, 2.05) is 12.1 Å². The monoisotopic (exact) mass is 292 g/mol. The van der Waals surface area contributed by atoms with E-state index < -0.39 is 0 Å². The molecule has 0 saturated heterocycles. The molecule has 1 aromatic carbocycles. The predicted molar refractivity (Wildman–Crippen MR) is 76.1 cm³/mol. The minimum Gasteiger partial charge on any atom is -0.319 e. The number of rotatable bonds is 2. The number of hydrogen-bond acceptors (Lipinski definition) is 2. The van der Waals surface area contributed by atoms with E-state index in [1.165, 1.54) is 6.07 Å². The second kappa shape index (κ2) is 5.48. The molecule has 0 spiro atoms. The van der Waals surface area contributed by atoms with Crippen LogP contribution in [-0.4, -0.2) is 4.57 Å². The molecule has 2 aromatic rings. The third-order valence-electron chi connectivity index (χ3n) is 2.78. The molecule has 0 bridgehead atoms. The van der Waals surface area contributed by atoms with Crippen LogP contribution in [0, 0.1) is 18.3 Å². The highest BCUT2D eigenvalue weighted by atomic mass is 35.5. The number of pyridine rings is 1. The summed E-state index contributed by atoms with van der Waals surface area (Å²) in [6, 6.07) is 8.75. The summed E-state index contributed by atoms with van der Waals surface area (Å²) in [6.07, 6.45) is 1.70. The van der Waals surface area contributed by atoms with Crippen molar-refractivity contribution in [3.63, 3.8) is 0 Å². The fourth-order valence-electron chi connectivity index (χ4n) is 1.83. The Kier molecular flexibility index (Phi) is 3.94. The summed E-state index contributed by atoms with van der Waals surface area (Å²) in [4.78, 5) is 11.7. The molecular formula is C14H10Cl2N2O. The molecule has 19 heavy (non-hydrogen) atoms. The third kappa shape index (κ3) is 2.65. The van der Waals surface area contributed by atoms with Crippen molar-refractivity contribution in [2.45, 2.75) is 13.3 Å². The molecule has 96 valence electrons. The molecule has 2 rings (SSSR count). The van der Waals surface area contributed by atoms with Gasteiger partial charge in [0.15, 0.2) is 5.43 Å². The van der Waals surface area contributed by atoms with Crippen molar-refractivity contribution in [2.75, 3.05) is 0 Å². The van der Waals surface area contributed by atoms with Gasteiger partial charge in [-0.15, -0.1) is 0 Å². The number of halogens is 2. The van der Waals surface area contributed by atoms with E-state index in [0.717, 1.165) is 5.69 Å². The Morgan fingerprint density at radius 2 is 2.11 bits per heavy atom. The molecule has 0 saturated carbocycles. The quantitative estimate of drug-likeness (QED) is 0.850. The van der Waals surface area contributed by atoms with Gasteiger partial charge in [-0.3, -0.25) is 4.79 Å². The smallest absolute Gasteiger partial charge is 0.186 e. The molecule has 3 nitrogen and oxygen atoms in total. The molecule has 0 N–H and O–H groups in total. The van der Waals surface area contributed by atoms with Gasteiger partial charge in [0.25, 0.3) is 0 Å². The summed E-state index contributed by atoms with van der Waals surface area (Å²) in [5.74, 6) is 0. The second-order valence-electron chi connectivity index (χ2n) is 4.08. The highest BCUT2D eigenvalue weighted by Gasteiger charge is 2.10. The molecule has 0 unspecified atom stereocenters. The van der Waals surface area contributed by atoms with Crippen LogP contribution in [0.2, 0.25) is 10.0 Å². The van der Waals surface area contributed by atoms with Crippen LogP contribution in [0.5, 0.6) is 0 Å². The highest BCUT2D eigenvalue weighted by molar-refractivity contribution is 6.43. The maximum atomic E-state index is 11.7. The van der Waals surface area contributed by atoms with Gasteiger partial charge in [0.1, 0.15) is 0 Å². The molecule has 0 amide bonds. The van der Waals surface area contributed by atoms with Gasteiger partial charge in [0.05, 0.1) is 28.2 Å². The zero-order valence-corrected chi connectivity index (χ0v) is 11.7. The molecule has 5 heteroatoms. The lowest BCUT2D eigenvalue weighted by Crippen LogP contribution is -2.14. The number of aryl methyl sites for hydroxylation is 1. The summed E-state index contributed by atoms with van der Waals surface area (Å²) < 4.78 is 1.77. The van der Waals surface area contributed by atoms with Crippen LogP contribution in [0.1, 0.15) is 11.3 Å². The molecular weight excluding hydrogens is 283 g/mol. The van der Waals surface area contributed by atoms with Crippen LogP contribution in [0.25, 0.3) is 5.69 Å². The summed E-state index contributed by atoms with van der Waals surface area (Å²) in [7, 11) is 0. The van der Waals surface area contributed by atoms with E-state index in [0.29, 0.717) is 21.3 Å². The van der Waals surface area contributed by atoms with Gasteiger partial charge in [0.2, 0.25) is 0 Å². The van der Waals surface area contributed by atoms with Gasteiger partial charge in [-0.2, -0.15) is 5.26 Å². The van der Waals surface area contributed by atoms with Crippen LogP contribution in [-0.2, 0) is 6.42 Å². The SMILES string of the molecule is Cc1cc(=O)c(CC#N)cn1-c1cccc(Cl)c1Cl. The first-order valence-electron chi connectivity index (χ1n) is 5.58. The Balaban J connectivity index is 2.69. The lowest BCUT2D eigenvalue weighted by atomic mass is 10.2. The van der Waals surface area contributed by atoms with Crippen molar-refractivity contribution in [1.29, 1.82) is 5.26 Å². The molecule has 0 atom stereocenters. The lowest BCUT2D eigenvalue weighted by molar-refractivity contribution is 0.949. The van der Waals surface area contributed by atoms with Gasteiger partial charge in [0, 0.05) is 23.5 Å². The minimum absolute atomic E-state index is 0.0668. The molecule has 0 aliphatic carbocycles. The predicted octanol–water partition coefficient (Wildman–Crippen LogP) is 3.52. The highest BCUT2D eigenvalue weighted by Crippen LogP contribution is 2.29. The fraction of sp³-hybridized carbons (Fsp3) is 0.143. The van der Waals surface area contributed by atoms with Gasteiger partial charge in [-0.1, -0.05) is 29.3 Å². The Bertz CT molecular complexity index is 729. The maximum absolute atomic E-state index is 11.7. The number of aromatic nitrogens is 1. The van der Waals surface area contributed by atoms with Crippen molar-refractivity contribution in [1.82, 2.24) is 4.57 Å². The molecule has 0 aliphatic rings. The van der Waals surface area contributed by atoms with Crippen LogP contribution in [0.4, 0.5) is 0 Å². The average molecular weight is 293 g/mol. The summed E-state index contributed by atoms with van der Waals surface area (Å²) >= 11 is 12.2. The molecule has 0 radical (unpaired) electrons. The lowest BCUT2D eigenvalue weighted by Gasteiger charge is -2.14. The Hall–Kier alpha value is -1.76. The fourth-order valence-corrected chi connectivity index (χ4v) is 2.22. The first-order chi connectivity index (χ1) is 9.04. The van der Waals surface area contributed by atoms with E-state index in [4.69, 9.17) is 28.5 Å². The molecule has 1 aromatic heterocycles. The number of nitriles is 1. The van der Waals surface area contributed by atoms with E-state index in [2.05, 4.69) is 0 Å². The van der Waals surface area contributed by atoms with Gasteiger partial charge < -0.3 is 4.57 Å². The summed E-state index contributed by atoms with van der Waals surface area (Å²) in [5, 5.41) is 9.59. The first-order valence-corrected chi connectivity index (χ1v) is 6.33.